The van der Waals surface area contributed by atoms with E-state index in [0.29, 0.717) is 23.0 Å². The fourth-order valence-corrected chi connectivity index (χ4v) is 3.96. The smallest absolute Gasteiger partial charge is 0.274 e. The number of ether oxygens (including phenoxy) is 1. The van der Waals surface area contributed by atoms with Crippen molar-refractivity contribution in [2.45, 2.75) is 25.8 Å². The van der Waals surface area contributed by atoms with Crippen molar-refractivity contribution in [1.82, 2.24) is 14.8 Å². The molecule has 0 atom stereocenters. The van der Waals surface area contributed by atoms with Crippen LogP contribution in [0.5, 0.6) is 5.75 Å². The zero-order valence-corrected chi connectivity index (χ0v) is 18.7. The SMILES string of the molecule is CN1C(=S)NC(=O)/C1=C\c1cn(CCCCCOc2ccc(C#N)cc2)c2ccccc12. The Balaban J connectivity index is 1.36. The quantitative estimate of drug-likeness (QED) is 0.316. The fourth-order valence-electron chi connectivity index (χ4n) is 3.77. The third-order valence-corrected chi connectivity index (χ3v) is 5.90. The molecule has 2 aromatic carbocycles. The van der Waals surface area contributed by atoms with Crippen LogP contribution in [0, 0.1) is 11.3 Å². The van der Waals surface area contributed by atoms with Crippen LogP contribution in [-0.4, -0.2) is 34.1 Å². The van der Waals surface area contributed by atoms with Crippen molar-refractivity contribution in [3.8, 4) is 11.8 Å². The number of nitrogens with zero attached hydrogens (tertiary/aromatic N) is 3. The number of fused-ring (bicyclic) bond motifs is 1. The fraction of sp³-hybridized carbons (Fsp3) is 0.240. The molecule has 0 spiro atoms. The van der Waals surface area contributed by atoms with Crippen LogP contribution in [0.2, 0.25) is 0 Å². The molecule has 4 rings (SSSR count). The zero-order chi connectivity index (χ0) is 22.5. The van der Waals surface area contributed by atoms with E-state index in [1.54, 1.807) is 24.1 Å². The minimum absolute atomic E-state index is 0.170. The first-order valence-electron chi connectivity index (χ1n) is 10.6. The monoisotopic (exact) mass is 444 g/mol. The summed E-state index contributed by atoms with van der Waals surface area (Å²) in [6.45, 7) is 1.54. The molecule has 0 saturated carbocycles. The maximum Gasteiger partial charge on any atom is 0.274 e. The summed E-state index contributed by atoms with van der Waals surface area (Å²) in [5.74, 6) is 0.620. The molecule has 7 heteroatoms. The number of amides is 1. The Morgan fingerprint density at radius 1 is 1.12 bits per heavy atom. The van der Waals surface area contributed by atoms with Crippen molar-refractivity contribution in [2.24, 2.45) is 0 Å². The molecule has 0 aliphatic carbocycles. The van der Waals surface area contributed by atoms with Gasteiger partial charge in [-0.05, 0) is 67.9 Å². The number of benzene rings is 2. The van der Waals surface area contributed by atoms with E-state index in [2.05, 4.69) is 34.3 Å². The summed E-state index contributed by atoms with van der Waals surface area (Å²) in [4.78, 5) is 13.9. The van der Waals surface area contributed by atoms with E-state index >= 15 is 0 Å². The van der Waals surface area contributed by atoms with Gasteiger partial charge in [-0.1, -0.05) is 18.2 Å². The molecule has 32 heavy (non-hydrogen) atoms. The Morgan fingerprint density at radius 3 is 2.62 bits per heavy atom. The van der Waals surface area contributed by atoms with Gasteiger partial charge in [-0.25, -0.2) is 0 Å². The van der Waals surface area contributed by atoms with E-state index in [4.69, 9.17) is 22.2 Å². The maximum absolute atomic E-state index is 12.2. The highest BCUT2D eigenvalue weighted by Gasteiger charge is 2.27. The highest BCUT2D eigenvalue weighted by atomic mass is 32.1. The molecule has 6 nitrogen and oxygen atoms in total. The van der Waals surface area contributed by atoms with Gasteiger partial charge in [0.05, 0.1) is 18.2 Å². The lowest BCUT2D eigenvalue weighted by Gasteiger charge is -2.08. The van der Waals surface area contributed by atoms with Crippen molar-refractivity contribution in [3.05, 3.63) is 71.6 Å². The lowest BCUT2D eigenvalue weighted by Crippen LogP contribution is -2.23. The number of hydrogen-bond acceptors (Lipinski definition) is 4. The molecule has 1 aliphatic heterocycles. The van der Waals surface area contributed by atoms with Gasteiger partial charge in [0.2, 0.25) is 0 Å². The Kier molecular flexibility index (Phi) is 6.52. The molecule has 0 unspecified atom stereocenters. The first kappa shape index (κ1) is 21.6. The average Bonchev–Trinajstić information content (AvgIpc) is 3.28. The zero-order valence-electron chi connectivity index (χ0n) is 17.9. The molecular weight excluding hydrogens is 420 g/mol. The largest absolute Gasteiger partial charge is 0.494 e. The lowest BCUT2D eigenvalue weighted by molar-refractivity contribution is -0.115. The molecule has 2 heterocycles. The third kappa shape index (κ3) is 4.66. The summed E-state index contributed by atoms with van der Waals surface area (Å²) < 4.78 is 8.00. The Bertz CT molecular complexity index is 1220. The summed E-state index contributed by atoms with van der Waals surface area (Å²) in [6.07, 6.45) is 7.03. The van der Waals surface area contributed by atoms with Gasteiger partial charge in [0.25, 0.3) is 5.91 Å². The highest BCUT2D eigenvalue weighted by Crippen LogP contribution is 2.26. The van der Waals surface area contributed by atoms with Gasteiger partial charge in [0.1, 0.15) is 11.4 Å². The minimum atomic E-state index is -0.170. The highest BCUT2D eigenvalue weighted by molar-refractivity contribution is 7.80. The molecule has 0 radical (unpaired) electrons. The van der Waals surface area contributed by atoms with Crippen LogP contribution < -0.4 is 10.1 Å². The molecule has 3 aromatic rings. The van der Waals surface area contributed by atoms with Gasteiger partial charge in [-0.2, -0.15) is 5.26 Å². The summed E-state index contributed by atoms with van der Waals surface area (Å²) >= 11 is 5.17. The van der Waals surface area contributed by atoms with Gasteiger partial charge in [-0.15, -0.1) is 0 Å². The molecule has 0 bridgehead atoms. The number of rotatable bonds is 8. The van der Waals surface area contributed by atoms with Crippen molar-refractivity contribution >= 4 is 40.2 Å². The summed E-state index contributed by atoms with van der Waals surface area (Å²) in [6, 6.07) is 17.5. The number of likely N-dealkylation sites (N-methyl/N-ethyl adjacent to an activating group) is 1. The van der Waals surface area contributed by atoms with Crippen molar-refractivity contribution in [2.75, 3.05) is 13.7 Å². The number of aromatic nitrogens is 1. The van der Waals surface area contributed by atoms with Crippen LogP contribution in [-0.2, 0) is 11.3 Å². The number of nitriles is 1. The van der Waals surface area contributed by atoms with E-state index in [1.165, 1.54) is 0 Å². The first-order chi connectivity index (χ1) is 15.6. The van der Waals surface area contributed by atoms with Gasteiger partial charge in [0.15, 0.2) is 5.11 Å². The van der Waals surface area contributed by atoms with Crippen LogP contribution in [0.4, 0.5) is 0 Å². The predicted molar refractivity (Wildman–Crippen MR) is 129 cm³/mol. The number of thiocarbonyl (C=S) groups is 1. The van der Waals surface area contributed by atoms with E-state index in [-0.39, 0.29) is 5.91 Å². The van der Waals surface area contributed by atoms with Crippen molar-refractivity contribution in [3.63, 3.8) is 0 Å². The number of hydrogen-bond donors (Lipinski definition) is 1. The molecule has 1 fully saturated rings. The van der Waals surface area contributed by atoms with E-state index in [0.717, 1.165) is 48.0 Å². The van der Waals surface area contributed by atoms with Gasteiger partial charge >= 0.3 is 0 Å². The molecule has 1 aromatic heterocycles. The van der Waals surface area contributed by atoms with E-state index in [9.17, 15) is 4.79 Å². The first-order valence-corrected chi connectivity index (χ1v) is 11.0. The van der Waals surface area contributed by atoms with Gasteiger partial charge in [0, 0.05) is 36.3 Å². The Hall–Kier alpha value is -3.63. The molecular formula is C25H24N4O2S. The summed E-state index contributed by atoms with van der Waals surface area (Å²) in [5, 5.41) is 13.1. The normalized spacial score (nSPS) is 14.8. The summed E-state index contributed by atoms with van der Waals surface area (Å²) in [5.41, 5.74) is 3.34. The average molecular weight is 445 g/mol. The number of aryl methyl sites for hydroxylation is 1. The van der Waals surface area contributed by atoms with Gasteiger partial charge < -0.3 is 14.2 Å². The van der Waals surface area contributed by atoms with E-state index in [1.807, 2.05) is 30.3 Å². The van der Waals surface area contributed by atoms with Gasteiger partial charge in [-0.3, -0.25) is 10.1 Å². The second-order valence-electron chi connectivity index (χ2n) is 7.69. The van der Waals surface area contributed by atoms with E-state index < -0.39 is 0 Å². The number of unbranched alkanes of at least 4 members (excludes halogenated alkanes) is 2. The van der Waals surface area contributed by atoms with Crippen LogP contribution in [0.15, 0.2) is 60.4 Å². The standard InChI is InChI=1S/C25H24N4O2S/c1-28-23(24(30)27-25(28)32)15-19-17-29(22-8-4-3-7-21(19)22)13-5-2-6-14-31-20-11-9-18(16-26)10-12-20/h3-4,7-12,15,17H,2,5-6,13-14H2,1H3,(H,27,30,32)/b23-15+. The van der Waals surface area contributed by atoms with Crippen LogP contribution >= 0.6 is 12.2 Å². The molecule has 1 aliphatic rings. The Morgan fingerprint density at radius 2 is 1.91 bits per heavy atom. The number of carbonyl (C=O) groups is 1. The molecule has 1 saturated heterocycles. The number of nitrogens with one attached hydrogen (secondary N) is 1. The van der Waals surface area contributed by atoms with Crippen molar-refractivity contribution in [1.29, 1.82) is 5.26 Å². The van der Waals surface area contributed by atoms with Crippen LogP contribution in [0.3, 0.4) is 0 Å². The third-order valence-electron chi connectivity index (χ3n) is 5.53. The van der Waals surface area contributed by atoms with Crippen LogP contribution in [0.25, 0.3) is 17.0 Å². The predicted octanol–water partition coefficient (Wildman–Crippen LogP) is 4.45. The molecule has 1 amide bonds. The van der Waals surface area contributed by atoms with Crippen molar-refractivity contribution < 1.29 is 9.53 Å². The Labute approximate surface area is 192 Å². The maximum atomic E-state index is 12.2. The molecule has 162 valence electrons. The minimum Gasteiger partial charge on any atom is -0.494 e. The topological polar surface area (TPSA) is 70.3 Å². The lowest BCUT2D eigenvalue weighted by atomic mass is 10.1. The van der Waals surface area contributed by atoms with Crippen LogP contribution in [0.1, 0.15) is 30.4 Å². The second kappa shape index (κ2) is 9.67. The second-order valence-corrected chi connectivity index (χ2v) is 8.07. The summed E-state index contributed by atoms with van der Waals surface area (Å²) in [7, 11) is 1.80. The number of carbonyl (C=O) groups excluding carboxylic acids is 1. The molecule has 1 N–H and O–H groups in total. The number of para-hydroxylation sites is 1.